The van der Waals surface area contributed by atoms with Crippen molar-refractivity contribution >= 4 is 17.4 Å². The van der Waals surface area contributed by atoms with Crippen LogP contribution >= 0.6 is 11.6 Å². The lowest BCUT2D eigenvalue weighted by Gasteiger charge is -2.47. The van der Waals surface area contributed by atoms with Crippen LogP contribution in [0.25, 0.3) is 0 Å². The quantitative estimate of drug-likeness (QED) is 0.731. The first-order valence-corrected chi connectivity index (χ1v) is 10.2. The number of hydrogen-bond acceptors (Lipinski definition) is 2. The van der Waals surface area contributed by atoms with E-state index in [0.717, 1.165) is 54.7 Å². The molecule has 130 valence electrons. The predicted octanol–water partition coefficient (Wildman–Crippen LogP) is 4.47. The van der Waals surface area contributed by atoms with Crippen molar-refractivity contribution < 1.29 is 4.79 Å². The highest BCUT2D eigenvalue weighted by molar-refractivity contribution is 6.31. The largest absolute Gasteiger partial charge is 0.303 e. The number of nitrogens with zero attached hydrogens (tertiary/aromatic N) is 1. The van der Waals surface area contributed by atoms with Crippen molar-refractivity contribution in [3.63, 3.8) is 0 Å². The van der Waals surface area contributed by atoms with Crippen LogP contribution in [0.3, 0.4) is 0 Å². The Kier molecular flexibility index (Phi) is 2.86. The molecule has 5 aliphatic rings. The van der Waals surface area contributed by atoms with E-state index in [4.69, 9.17) is 11.6 Å². The van der Waals surface area contributed by atoms with Gasteiger partial charge in [0.2, 0.25) is 0 Å². The van der Waals surface area contributed by atoms with Crippen molar-refractivity contribution in [2.45, 2.75) is 37.5 Å². The Morgan fingerprint density at radius 2 is 2.00 bits per heavy atom. The van der Waals surface area contributed by atoms with Crippen LogP contribution in [0.4, 0.5) is 0 Å². The van der Waals surface area contributed by atoms with E-state index < -0.39 is 0 Å². The number of allylic oxidation sites excluding steroid dienone is 2. The first kappa shape index (κ1) is 15.0. The first-order valence-electron chi connectivity index (χ1n) is 9.84. The van der Waals surface area contributed by atoms with Gasteiger partial charge in [0.1, 0.15) is 0 Å². The number of Topliss-reactive ketones (excluding diaryl/α,β-unsaturated/α-hetero) is 1. The van der Waals surface area contributed by atoms with Crippen LogP contribution < -0.4 is 0 Å². The van der Waals surface area contributed by atoms with Gasteiger partial charge in [0.05, 0.1) is 0 Å². The van der Waals surface area contributed by atoms with E-state index in [9.17, 15) is 4.79 Å². The molecule has 0 radical (unpaired) electrons. The Balaban J connectivity index is 1.15. The normalized spacial score (nSPS) is 39.9. The molecule has 1 aromatic rings. The van der Waals surface area contributed by atoms with Crippen LogP contribution in [-0.4, -0.2) is 30.3 Å². The highest BCUT2D eigenvalue weighted by Gasteiger charge is 2.68. The molecule has 1 saturated heterocycles. The van der Waals surface area contributed by atoms with Crippen molar-refractivity contribution in [3.05, 3.63) is 46.5 Å². The fourth-order valence-electron chi connectivity index (χ4n) is 6.72. The van der Waals surface area contributed by atoms with E-state index in [1.54, 1.807) is 0 Å². The number of ketones is 1. The van der Waals surface area contributed by atoms with Crippen LogP contribution in [-0.2, 0) is 5.41 Å². The summed E-state index contributed by atoms with van der Waals surface area (Å²) in [5, 5.41) is 0.684. The van der Waals surface area contributed by atoms with Crippen LogP contribution in [0, 0.1) is 23.2 Å². The van der Waals surface area contributed by atoms with Crippen molar-refractivity contribution in [2.24, 2.45) is 23.2 Å². The molecule has 4 unspecified atom stereocenters. The zero-order valence-corrected chi connectivity index (χ0v) is 15.3. The number of carbonyl (C=O) groups excluding carboxylic acids is 1. The summed E-state index contributed by atoms with van der Waals surface area (Å²) in [5.41, 5.74) is 2.97. The molecule has 0 N–H and O–H groups in total. The summed E-state index contributed by atoms with van der Waals surface area (Å²) in [5.74, 6) is 2.99. The predicted molar refractivity (Wildman–Crippen MR) is 99.0 cm³/mol. The maximum Gasteiger partial charge on any atom is 0.164 e. The molecule has 1 aromatic carbocycles. The zero-order chi connectivity index (χ0) is 16.8. The van der Waals surface area contributed by atoms with Gasteiger partial charge < -0.3 is 4.90 Å². The lowest BCUT2D eigenvalue weighted by atomic mass is 9.62. The minimum Gasteiger partial charge on any atom is -0.303 e. The van der Waals surface area contributed by atoms with E-state index in [0.29, 0.717) is 17.2 Å². The number of halogens is 1. The van der Waals surface area contributed by atoms with Gasteiger partial charge in [0.15, 0.2) is 5.78 Å². The van der Waals surface area contributed by atoms with Gasteiger partial charge in [-0.05, 0) is 79.6 Å². The molecule has 4 atom stereocenters. The highest BCUT2D eigenvalue weighted by Crippen LogP contribution is 2.75. The highest BCUT2D eigenvalue weighted by atomic mass is 35.5. The van der Waals surface area contributed by atoms with Gasteiger partial charge in [0.25, 0.3) is 0 Å². The molecule has 6 rings (SSSR count). The van der Waals surface area contributed by atoms with Gasteiger partial charge in [-0.15, -0.1) is 0 Å². The van der Waals surface area contributed by atoms with Gasteiger partial charge in [-0.25, -0.2) is 0 Å². The second kappa shape index (κ2) is 4.78. The molecule has 4 aliphatic carbocycles. The van der Waals surface area contributed by atoms with Gasteiger partial charge in [-0.2, -0.15) is 0 Å². The molecule has 0 bridgehead atoms. The standard InChI is InChI=1S/C22H24ClNO/c23-16-2-4-19-17(9-16)20(25)12-21(19)5-7-24(8-6-21)13-14-10-22-11-15(22)1-3-18(14)22/h1-4,9,14-15,18H,5-8,10-13H2. The van der Waals surface area contributed by atoms with E-state index in [2.05, 4.69) is 23.1 Å². The van der Waals surface area contributed by atoms with Crippen molar-refractivity contribution in [1.82, 2.24) is 4.90 Å². The van der Waals surface area contributed by atoms with Gasteiger partial charge in [-0.1, -0.05) is 29.8 Å². The smallest absolute Gasteiger partial charge is 0.164 e. The Hall–Kier alpha value is -1.12. The third-order valence-corrected chi connectivity index (χ3v) is 8.44. The first-order chi connectivity index (χ1) is 12.1. The van der Waals surface area contributed by atoms with E-state index in [1.165, 1.54) is 24.9 Å². The van der Waals surface area contributed by atoms with Gasteiger partial charge >= 0.3 is 0 Å². The molecule has 2 nitrogen and oxygen atoms in total. The molecule has 2 spiro atoms. The third kappa shape index (κ3) is 1.93. The molecule has 0 amide bonds. The molecule has 3 heteroatoms. The average Bonchev–Trinajstić information content (AvgIpc) is 3.17. The Labute approximate surface area is 154 Å². The van der Waals surface area contributed by atoms with Crippen LogP contribution in [0.1, 0.15) is 48.0 Å². The van der Waals surface area contributed by atoms with Crippen molar-refractivity contribution in [1.29, 1.82) is 0 Å². The number of likely N-dealkylation sites (tertiary alicyclic amines) is 1. The Bertz CT molecular complexity index is 806. The number of benzene rings is 1. The summed E-state index contributed by atoms with van der Waals surface area (Å²) < 4.78 is 0. The number of carbonyl (C=O) groups is 1. The minimum absolute atomic E-state index is 0.0865. The SMILES string of the molecule is O=C1CC2(CCN(CC3CC45CC4C=CC35)CC2)c2ccc(Cl)cc21. The lowest BCUT2D eigenvalue weighted by molar-refractivity contribution is 0.0359. The molecule has 1 aliphatic heterocycles. The monoisotopic (exact) mass is 353 g/mol. The fraction of sp³-hybridized carbons (Fsp3) is 0.591. The summed E-state index contributed by atoms with van der Waals surface area (Å²) in [7, 11) is 0. The van der Waals surface area contributed by atoms with Gasteiger partial charge in [0, 0.05) is 29.0 Å². The summed E-state index contributed by atoms with van der Waals surface area (Å²) >= 11 is 6.11. The van der Waals surface area contributed by atoms with E-state index in [-0.39, 0.29) is 5.41 Å². The minimum atomic E-state index is 0.0865. The molecule has 0 aromatic heterocycles. The molecular weight excluding hydrogens is 330 g/mol. The number of rotatable bonds is 2. The maximum atomic E-state index is 12.5. The summed E-state index contributed by atoms with van der Waals surface area (Å²) in [4.78, 5) is 15.2. The molecule has 25 heavy (non-hydrogen) atoms. The van der Waals surface area contributed by atoms with Crippen LogP contribution in [0.15, 0.2) is 30.4 Å². The second-order valence-corrected chi connectivity index (χ2v) is 9.73. The summed E-state index contributed by atoms with van der Waals surface area (Å²) in [6, 6.07) is 5.95. The second-order valence-electron chi connectivity index (χ2n) is 9.29. The number of fused-ring (bicyclic) bond motifs is 2. The molecule has 1 heterocycles. The summed E-state index contributed by atoms with van der Waals surface area (Å²) in [6.07, 6.45) is 10.9. The topological polar surface area (TPSA) is 20.3 Å². The Morgan fingerprint density at radius 3 is 2.76 bits per heavy atom. The molecule has 2 saturated carbocycles. The fourth-order valence-corrected chi connectivity index (χ4v) is 6.89. The maximum absolute atomic E-state index is 12.5. The molecular formula is C22H24ClNO. The van der Waals surface area contributed by atoms with Crippen molar-refractivity contribution in [2.75, 3.05) is 19.6 Å². The van der Waals surface area contributed by atoms with Gasteiger partial charge in [-0.3, -0.25) is 4.79 Å². The lowest BCUT2D eigenvalue weighted by Crippen LogP contribution is -2.48. The summed E-state index contributed by atoms with van der Waals surface area (Å²) in [6.45, 7) is 3.54. The zero-order valence-electron chi connectivity index (χ0n) is 14.5. The number of hydrogen-bond donors (Lipinski definition) is 0. The van der Waals surface area contributed by atoms with Crippen molar-refractivity contribution in [3.8, 4) is 0 Å². The molecule has 3 fully saturated rings. The Morgan fingerprint density at radius 1 is 1.16 bits per heavy atom. The third-order valence-electron chi connectivity index (χ3n) is 8.20. The number of piperidine rings is 1. The van der Waals surface area contributed by atoms with Crippen LogP contribution in [0.5, 0.6) is 0 Å². The average molecular weight is 354 g/mol. The van der Waals surface area contributed by atoms with E-state index in [1.807, 2.05) is 12.1 Å². The van der Waals surface area contributed by atoms with Crippen LogP contribution in [0.2, 0.25) is 5.02 Å². The van der Waals surface area contributed by atoms with E-state index >= 15 is 0 Å².